The molecule has 0 amide bonds. The molecule has 0 radical (unpaired) electrons. The third-order valence-corrected chi connectivity index (χ3v) is 2.22. The van der Waals surface area contributed by atoms with E-state index in [1.165, 1.54) is 24.3 Å². The average molecular weight is 328 g/mol. The second-order valence-electron chi connectivity index (χ2n) is 3.46. The fourth-order valence-corrected chi connectivity index (χ4v) is 1.34. The molecule has 0 aliphatic rings. The minimum atomic E-state index is -1.15. The molecular formula is C12H10BrNO5. The molecule has 19 heavy (non-hydrogen) atoms. The van der Waals surface area contributed by atoms with Crippen LogP contribution in [0.15, 0.2) is 35.3 Å². The van der Waals surface area contributed by atoms with Gasteiger partial charge in [0.2, 0.25) is 0 Å². The average Bonchev–Trinajstić information content (AvgIpc) is 2.33. The van der Waals surface area contributed by atoms with Crippen molar-refractivity contribution in [1.29, 1.82) is 0 Å². The molecule has 0 atom stereocenters. The number of nitro groups is 1. The van der Waals surface area contributed by atoms with E-state index in [-0.39, 0.29) is 12.3 Å². The number of nitrogens with zero attached hydrogens (tertiary/aromatic N) is 1. The highest BCUT2D eigenvalue weighted by Crippen LogP contribution is 2.26. The molecule has 7 heteroatoms. The molecule has 0 spiro atoms. The minimum Gasteiger partial charge on any atom is -0.488 e. The Balaban J connectivity index is 3.10. The van der Waals surface area contributed by atoms with Crippen LogP contribution >= 0.6 is 15.9 Å². The Morgan fingerprint density at radius 1 is 1.58 bits per heavy atom. The van der Waals surface area contributed by atoms with E-state index in [9.17, 15) is 14.9 Å². The molecule has 0 saturated heterocycles. The Labute approximate surface area is 117 Å². The van der Waals surface area contributed by atoms with Gasteiger partial charge in [-0.3, -0.25) is 10.1 Å². The number of carboxylic acid groups (broad SMARTS) is 1. The highest BCUT2D eigenvalue weighted by atomic mass is 79.9. The molecule has 0 saturated carbocycles. The van der Waals surface area contributed by atoms with Crippen molar-refractivity contribution in [3.05, 3.63) is 51.0 Å². The number of ether oxygens (including phenoxy) is 1. The molecule has 0 unspecified atom stereocenters. The van der Waals surface area contributed by atoms with Crippen molar-refractivity contribution in [3.8, 4) is 5.75 Å². The van der Waals surface area contributed by atoms with Crippen molar-refractivity contribution >= 4 is 33.7 Å². The Bertz CT molecular complexity index is 553. The second kappa shape index (κ2) is 6.69. The zero-order valence-corrected chi connectivity index (χ0v) is 11.3. The van der Waals surface area contributed by atoms with Crippen LogP contribution in [0.5, 0.6) is 5.75 Å². The van der Waals surface area contributed by atoms with E-state index >= 15 is 0 Å². The van der Waals surface area contributed by atoms with E-state index in [2.05, 4.69) is 22.5 Å². The summed E-state index contributed by atoms with van der Waals surface area (Å²) in [6.45, 7) is 3.76. The van der Waals surface area contributed by atoms with Gasteiger partial charge in [-0.05, 0) is 12.1 Å². The Morgan fingerprint density at radius 2 is 2.26 bits per heavy atom. The fourth-order valence-electron chi connectivity index (χ4n) is 1.23. The van der Waals surface area contributed by atoms with Gasteiger partial charge in [-0.15, -0.1) is 0 Å². The fraction of sp³-hybridized carbons (Fsp3) is 0.0833. The molecular weight excluding hydrogens is 318 g/mol. The van der Waals surface area contributed by atoms with Gasteiger partial charge in [0, 0.05) is 28.3 Å². The molecule has 100 valence electrons. The summed E-state index contributed by atoms with van der Waals surface area (Å²) < 4.78 is 5.95. The molecule has 1 N–H and O–H groups in total. The number of rotatable bonds is 6. The smallest absolute Gasteiger partial charge is 0.328 e. The third kappa shape index (κ3) is 4.92. The topological polar surface area (TPSA) is 89.7 Å². The molecule has 6 nitrogen and oxygen atoms in total. The monoisotopic (exact) mass is 327 g/mol. The van der Waals surface area contributed by atoms with E-state index < -0.39 is 10.9 Å². The van der Waals surface area contributed by atoms with Crippen LogP contribution in [-0.2, 0) is 4.79 Å². The molecule has 0 fully saturated rings. The van der Waals surface area contributed by atoms with Gasteiger partial charge in [0.25, 0.3) is 5.69 Å². The van der Waals surface area contributed by atoms with Gasteiger partial charge < -0.3 is 9.84 Å². The van der Waals surface area contributed by atoms with Gasteiger partial charge >= 0.3 is 5.97 Å². The van der Waals surface area contributed by atoms with E-state index in [0.29, 0.717) is 15.8 Å². The number of hydrogen-bond acceptors (Lipinski definition) is 4. The zero-order valence-electron chi connectivity index (χ0n) is 9.71. The number of carboxylic acids is 1. The SMILES string of the molecule is C=C(Br)COc1ccc([N+](=O)[O-])cc1/C=C/C(=O)O. The van der Waals surface area contributed by atoms with Crippen molar-refractivity contribution < 1.29 is 19.6 Å². The Morgan fingerprint density at radius 3 is 2.79 bits per heavy atom. The first-order valence-electron chi connectivity index (χ1n) is 5.05. The standard InChI is InChI=1S/C12H10BrNO5/c1-8(13)7-19-11-4-3-10(14(17)18)6-9(11)2-5-12(15)16/h2-6H,1,7H2,(H,15,16)/b5-2+. The maximum absolute atomic E-state index is 10.7. The first kappa shape index (κ1) is 14.9. The van der Waals surface area contributed by atoms with Crippen LogP contribution in [0.2, 0.25) is 0 Å². The minimum absolute atomic E-state index is 0.143. The summed E-state index contributed by atoms with van der Waals surface area (Å²) in [4.78, 5) is 20.6. The zero-order chi connectivity index (χ0) is 14.4. The number of aliphatic carboxylic acids is 1. The van der Waals surface area contributed by atoms with Crippen molar-refractivity contribution in [3.63, 3.8) is 0 Å². The first-order chi connectivity index (χ1) is 8.90. The molecule has 0 aliphatic carbocycles. The predicted octanol–water partition coefficient (Wildman–Crippen LogP) is 2.98. The number of nitro benzene ring substituents is 1. The Hall–Kier alpha value is -2.15. The largest absolute Gasteiger partial charge is 0.488 e. The summed E-state index contributed by atoms with van der Waals surface area (Å²) in [5.41, 5.74) is 0.167. The molecule has 1 aromatic rings. The van der Waals surface area contributed by atoms with Crippen LogP contribution in [0.4, 0.5) is 5.69 Å². The van der Waals surface area contributed by atoms with Gasteiger partial charge in [0.15, 0.2) is 0 Å². The van der Waals surface area contributed by atoms with Gasteiger partial charge in [-0.2, -0.15) is 0 Å². The van der Waals surface area contributed by atoms with Crippen LogP contribution < -0.4 is 4.74 Å². The lowest BCUT2D eigenvalue weighted by atomic mass is 10.1. The van der Waals surface area contributed by atoms with Crippen molar-refractivity contribution in [2.24, 2.45) is 0 Å². The quantitative estimate of drug-likeness (QED) is 0.492. The van der Waals surface area contributed by atoms with Gasteiger partial charge in [-0.25, -0.2) is 4.79 Å². The van der Waals surface area contributed by atoms with E-state index in [1.807, 2.05) is 0 Å². The van der Waals surface area contributed by atoms with Gasteiger partial charge in [0.1, 0.15) is 12.4 Å². The van der Waals surface area contributed by atoms with Crippen LogP contribution in [0.25, 0.3) is 6.08 Å². The Kier molecular flexibility index (Phi) is 5.25. The highest BCUT2D eigenvalue weighted by molar-refractivity contribution is 9.11. The van der Waals surface area contributed by atoms with Crippen LogP contribution in [-0.4, -0.2) is 22.6 Å². The van der Waals surface area contributed by atoms with Gasteiger partial charge in [-0.1, -0.05) is 22.5 Å². The summed E-state index contributed by atoms with van der Waals surface area (Å²) in [7, 11) is 0. The number of non-ortho nitro benzene ring substituents is 1. The second-order valence-corrected chi connectivity index (χ2v) is 4.58. The predicted molar refractivity (Wildman–Crippen MR) is 73.3 cm³/mol. The van der Waals surface area contributed by atoms with Crippen LogP contribution in [0, 0.1) is 10.1 Å². The molecule has 1 rings (SSSR count). The molecule has 0 bridgehead atoms. The van der Waals surface area contributed by atoms with Crippen LogP contribution in [0.1, 0.15) is 5.56 Å². The molecule has 0 aliphatic heterocycles. The van der Waals surface area contributed by atoms with E-state index in [0.717, 1.165) is 6.08 Å². The summed E-state index contributed by atoms with van der Waals surface area (Å²) in [5.74, 6) is -0.814. The summed E-state index contributed by atoms with van der Waals surface area (Å²) in [5, 5.41) is 19.3. The lowest BCUT2D eigenvalue weighted by Crippen LogP contribution is -1.99. The van der Waals surface area contributed by atoms with Crippen molar-refractivity contribution in [1.82, 2.24) is 0 Å². The summed E-state index contributed by atoms with van der Waals surface area (Å²) in [6, 6.07) is 3.94. The maximum atomic E-state index is 10.7. The lowest BCUT2D eigenvalue weighted by molar-refractivity contribution is -0.384. The van der Waals surface area contributed by atoms with E-state index in [1.54, 1.807) is 0 Å². The molecule has 0 aromatic heterocycles. The van der Waals surface area contributed by atoms with E-state index in [4.69, 9.17) is 9.84 Å². The van der Waals surface area contributed by atoms with Crippen molar-refractivity contribution in [2.75, 3.05) is 6.61 Å². The molecule has 1 aromatic carbocycles. The summed E-state index contributed by atoms with van der Waals surface area (Å²) >= 11 is 3.12. The highest BCUT2D eigenvalue weighted by Gasteiger charge is 2.10. The number of carbonyl (C=O) groups is 1. The number of halogens is 1. The first-order valence-corrected chi connectivity index (χ1v) is 5.85. The lowest BCUT2D eigenvalue weighted by Gasteiger charge is -2.08. The maximum Gasteiger partial charge on any atom is 0.328 e. The van der Waals surface area contributed by atoms with Gasteiger partial charge in [0.05, 0.1) is 4.92 Å². The molecule has 0 heterocycles. The van der Waals surface area contributed by atoms with Crippen molar-refractivity contribution in [2.45, 2.75) is 0 Å². The normalized spacial score (nSPS) is 10.4. The number of hydrogen-bond donors (Lipinski definition) is 1. The number of benzene rings is 1. The third-order valence-electron chi connectivity index (χ3n) is 1.99. The van der Waals surface area contributed by atoms with Crippen LogP contribution in [0.3, 0.4) is 0 Å². The summed E-state index contributed by atoms with van der Waals surface area (Å²) in [6.07, 6.45) is 2.12.